The van der Waals surface area contributed by atoms with Gasteiger partial charge in [-0.15, -0.1) is 0 Å². The minimum absolute atomic E-state index is 0.613. The lowest BCUT2D eigenvalue weighted by molar-refractivity contribution is 0.0117. The van der Waals surface area contributed by atoms with Crippen molar-refractivity contribution in [2.75, 3.05) is 13.3 Å². The van der Waals surface area contributed by atoms with Gasteiger partial charge in [-0.05, 0) is 5.56 Å². The third-order valence-electron chi connectivity index (χ3n) is 2.06. The van der Waals surface area contributed by atoms with Crippen LogP contribution in [0.3, 0.4) is 0 Å². The highest BCUT2D eigenvalue weighted by Crippen LogP contribution is 2.01. The Labute approximate surface area is 84.0 Å². The first kappa shape index (κ1) is 9.24. The van der Waals surface area contributed by atoms with Crippen LogP contribution < -0.4 is 5.43 Å². The normalized spacial score (nSPS) is 15.7. The van der Waals surface area contributed by atoms with Crippen LogP contribution in [0.5, 0.6) is 0 Å². The van der Waals surface area contributed by atoms with Crippen LogP contribution in [0.1, 0.15) is 5.56 Å². The van der Waals surface area contributed by atoms with Crippen molar-refractivity contribution in [3.8, 4) is 0 Å². The van der Waals surface area contributed by atoms with Crippen LogP contribution in [0.4, 0.5) is 0 Å². The van der Waals surface area contributed by atoms with Gasteiger partial charge in [-0.25, -0.2) is 0 Å². The van der Waals surface area contributed by atoms with Gasteiger partial charge in [-0.3, -0.25) is 0 Å². The number of hydrogen-bond acceptors (Lipinski definition) is 3. The standard InChI is InChI=1S/C11H14N2O/c1-2-5-11(6-3-1)9-14-10-13-8-4-7-12-13/h1-7,12H,8-10H2. The molecule has 0 saturated heterocycles. The highest BCUT2D eigenvalue weighted by Gasteiger charge is 2.03. The Kier molecular flexibility index (Phi) is 3.16. The number of nitrogens with one attached hydrogen (secondary N) is 1. The van der Waals surface area contributed by atoms with Gasteiger partial charge in [0.25, 0.3) is 0 Å². The Morgan fingerprint density at radius 1 is 1.29 bits per heavy atom. The van der Waals surface area contributed by atoms with Crippen LogP contribution in [-0.2, 0) is 11.3 Å². The first-order valence-electron chi connectivity index (χ1n) is 4.73. The van der Waals surface area contributed by atoms with E-state index in [-0.39, 0.29) is 0 Å². The molecule has 14 heavy (non-hydrogen) atoms. The third kappa shape index (κ3) is 2.58. The number of nitrogens with zero attached hydrogens (tertiary/aromatic N) is 1. The summed E-state index contributed by atoms with van der Waals surface area (Å²) in [6.07, 6.45) is 3.98. The first-order valence-corrected chi connectivity index (χ1v) is 4.73. The molecule has 0 aliphatic carbocycles. The van der Waals surface area contributed by atoms with Gasteiger partial charge >= 0.3 is 0 Å². The molecule has 0 radical (unpaired) electrons. The Morgan fingerprint density at radius 2 is 2.14 bits per heavy atom. The zero-order valence-electron chi connectivity index (χ0n) is 8.02. The minimum atomic E-state index is 0.613. The summed E-state index contributed by atoms with van der Waals surface area (Å²) >= 11 is 0. The lowest BCUT2D eigenvalue weighted by Gasteiger charge is -2.15. The van der Waals surface area contributed by atoms with Crippen LogP contribution >= 0.6 is 0 Å². The molecule has 1 aromatic rings. The summed E-state index contributed by atoms with van der Waals surface area (Å²) in [4.78, 5) is 0. The quantitative estimate of drug-likeness (QED) is 0.778. The van der Waals surface area contributed by atoms with E-state index in [4.69, 9.17) is 4.74 Å². The number of hydrazine groups is 1. The zero-order chi connectivity index (χ0) is 9.64. The lowest BCUT2D eigenvalue weighted by atomic mass is 10.2. The average molecular weight is 190 g/mol. The van der Waals surface area contributed by atoms with E-state index in [0.29, 0.717) is 13.3 Å². The van der Waals surface area contributed by atoms with E-state index in [2.05, 4.69) is 23.6 Å². The van der Waals surface area contributed by atoms with Gasteiger partial charge in [-0.1, -0.05) is 36.4 Å². The fourth-order valence-corrected chi connectivity index (χ4v) is 1.33. The van der Waals surface area contributed by atoms with Gasteiger partial charge in [0.1, 0.15) is 6.73 Å². The molecule has 0 saturated carbocycles. The fraction of sp³-hybridized carbons (Fsp3) is 0.273. The molecule has 1 heterocycles. The minimum Gasteiger partial charge on any atom is -0.360 e. The molecule has 3 heteroatoms. The number of hydrogen-bond donors (Lipinski definition) is 1. The van der Waals surface area contributed by atoms with E-state index < -0.39 is 0 Å². The van der Waals surface area contributed by atoms with Crippen LogP contribution in [0.25, 0.3) is 0 Å². The molecular weight excluding hydrogens is 176 g/mol. The summed E-state index contributed by atoms with van der Waals surface area (Å²) in [6.45, 7) is 2.19. The van der Waals surface area contributed by atoms with Gasteiger partial charge < -0.3 is 10.2 Å². The summed E-state index contributed by atoms with van der Waals surface area (Å²) in [7, 11) is 0. The van der Waals surface area contributed by atoms with E-state index >= 15 is 0 Å². The van der Waals surface area contributed by atoms with Gasteiger partial charge in [-0.2, -0.15) is 5.01 Å². The molecule has 1 N–H and O–H groups in total. The van der Waals surface area contributed by atoms with Crippen molar-refractivity contribution in [3.63, 3.8) is 0 Å². The molecule has 0 atom stereocenters. The molecule has 0 aromatic heterocycles. The van der Waals surface area contributed by atoms with Crippen molar-refractivity contribution in [1.29, 1.82) is 0 Å². The highest BCUT2D eigenvalue weighted by atomic mass is 16.5. The van der Waals surface area contributed by atoms with E-state index in [1.165, 1.54) is 5.56 Å². The molecule has 0 fully saturated rings. The van der Waals surface area contributed by atoms with Crippen molar-refractivity contribution < 1.29 is 4.74 Å². The fourth-order valence-electron chi connectivity index (χ4n) is 1.33. The van der Waals surface area contributed by atoms with Crippen LogP contribution in [-0.4, -0.2) is 18.3 Å². The van der Waals surface area contributed by atoms with Crippen molar-refractivity contribution in [1.82, 2.24) is 10.4 Å². The van der Waals surface area contributed by atoms with Gasteiger partial charge in [0, 0.05) is 12.7 Å². The Bertz CT molecular complexity index is 289. The van der Waals surface area contributed by atoms with Crippen molar-refractivity contribution >= 4 is 0 Å². The number of rotatable bonds is 4. The maximum atomic E-state index is 5.53. The lowest BCUT2D eigenvalue weighted by Crippen LogP contribution is -2.32. The van der Waals surface area contributed by atoms with Crippen LogP contribution in [0.2, 0.25) is 0 Å². The molecule has 1 aliphatic heterocycles. The Hall–Kier alpha value is -1.32. The molecule has 0 bridgehead atoms. The molecule has 74 valence electrons. The van der Waals surface area contributed by atoms with Gasteiger partial charge in [0.05, 0.1) is 6.61 Å². The SMILES string of the molecule is C1=CNN(COCc2ccccc2)C1. The van der Waals surface area contributed by atoms with E-state index in [0.717, 1.165) is 6.54 Å². The second-order valence-corrected chi connectivity index (χ2v) is 3.22. The van der Waals surface area contributed by atoms with E-state index in [9.17, 15) is 0 Å². The molecule has 0 spiro atoms. The second kappa shape index (κ2) is 4.79. The van der Waals surface area contributed by atoms with Crippen molar-refractivity contribution in [2.45, 2.75) is 6.61 Å². The molecule has 1 aromatic carbocycles. The summed E-state index contributed by atoms with van der Waals surface area (Å²) in [5, 5.41) is 2.00. The van der Waals surface area contributed by atoms with Gasteiger partial charge in [0.15, 0.2) is 0 Å². The molecule has 0 unspecified atom stereocenters. The summed E-state index contributed by atoms with van der Waals surface area (Å²) in [5.74, 6) is 0. The topological polar surface area (TPSA) is 24.5 Å². The molecule has 2 rings (SSSR count). The number of benzene rings is 1. The second-order valence-electron chi connectivity index (χ2n) is 3.22. The summed E-state index contributed by atoms with van der Waals surface area (Å²) < 4.78 is 5.53. The first-order chi connectivity index (χ1) is 6.95. The molecular formula is C11H14N2O. The van der Waals surface area contributed by atoms with E-state index in [1.54, 1.807) is 0 Å². The maximum Gasteiger partial charge on any atom is 0.117 e. The predicted octanol–water partition coefficient (Wildman–Crippen LogP) is 1.49. The van der Waals surface area contributed by atoms with E-state index in [1.807, 2.05) is 29.4 Å². The molecule has 1 aliphatic rings. The monoisotopic (exact) mass is 190 g/mol. The zero-order valence-corrected chi connectivity index (χ0v) is 8.02. The van der Waals surface area contributed by atoms with Crippen molar-refractivity contribution in [3.05, 3.63) is 48.2 Å². The van der Waals surface area contributed by atoms with Crippen LogP contribution in [0.15, 0.2) is 42.6 Å². The third-order valence-corrected chi connectivity index (χ3v) is 2.06. The summed E-state index contributed by atoms with van der Waals surface area (Å²) in [6, 6.07) is 10.2. The Morgan fingerprint density at radius 3 is 2.86 bits per heavy atom. The highest BCUT2D eigenvalue weighted by molar-refractivity contribution is 5.13. The number of ether oxygens (including phenoxy) is 1. The smallest absolute Gasteiger partial charge is 0.117 e. The Balaban J connectivity index is 1.68. The largest absolute Gasteiger partial charge is 0.360 e. The maximum absolute atomic E-state index is 5.53. The predicted molar refractivity (Wildman–Crippen MR) is 55.1 cm³/mol. The molecule has 0 amide bonds. The van der Waals surface area contributed by atoms with Crippen LogP contribution in [0, 0.1) is 0 Å². The van der Waals surface area contributed by atoms with Crippen molar-refractivity contribution in [2.24, 2.45) is 0 Å². The summed E-state index contributed by atoms with van der Waals surface area (Å²) in [5.41, 5.74) is 4.28. The molecule has 3 nitrogen and oxygen atoms in total. The van der Waals surface area contributed by atoms with Gasteiger partial charge in [0.2, 0.25) is 0 Å². The average Bonchev–Trinajstić information content (AvgIpc) is 2.72.